The lowest BCUT2D eigenvalue weighted by Gasteiger charge is -2.14. The zero-order valence-corrected chi connectivity index (χ0v) is 12.3. The maximum Gasteiger partial charge on any atom is 0.224 e. The summed E-state index contributed by atoms with van der Waals surface area (Å²) in [6, 6.07) is 4.72. The number of Topliss-reactive ketones (excluding diaryl/α,β-unsaturated/α-hetero) is 1. The molecule has 1 atom stereocenters. The largest absolute Gasteiger partial charge is 0.490 e. The normalized spacial score (nSPS) is 11.8. The molecule has 0 unspecified atom stereocenters. The summed E-state index contributed by atoms with van der Waals surface area (Å²) >= 11 is 0. The van der Waals surface area contributed by atoms with E-state index in [4.69, 9.17) is 9.84 Å². The number of aliphatic hydroxyl groups excluding tert-OH is 2. The van der Waals surface area contributed by atoms with Gasteiger partial charge in [-0.15, -0.1) is 0 Å². The first-order valence-corrected chi connectivity index (χ1v) is 6.84. The molecule has 1 rings (SSSR count). The van der Waals surface area contributed by atoms with Crippen LogP contribution < -0.4 is 10.1 Å². The molecule has 0 aliphatic heterocycles. The van der Waals surface area contributed by atoms with E-state index in [1.165, 1.54) is 13.0 Å². The molecule has 3 N–H and O–H groups in total. The summed E-state index contributed by atoms with van der Waals surface area (Å²) in [7, 11) is 0. The first-order valence-electron chi connectivity index (χ1n) is 6.84. The molecule has 0 aliphatic carbocycles. The number of hydrogen-bond acceptors (Lipinski definition) is 5. The maximum absolute atomic E-state index is 11.6. The van der Waals surface area contributed by atoms with Crippen molar-refractivity contribution in [2.45, 2.75) is 32.8 Å². The van der Waals surface area contributed by atoms with E-state index >= 15 is 0 Å². The van der Waals surface area contributed by atoms with Crippen LogP contribution in [0.3, 0.4) is 0 Å². The number of anilines is 1. The second kappa shape index (κ2) is 8.39. The Balaban J connectivity index is 2.86. The number of nitrogens with one attached hydrogen (secondary N) is 1. The quantitative estimate of drug-likeness (QED) is 0.629. The summed E-state index contributed by atoms with van der Waals surface area (Å²) < 4.78 is 5.32. The van der Waals surface area contributed by atoms with E-state index < -0.39 is 12.7 Å². The molecule has 1 amide bonds. The van der Waals surface area contributed by atoms with Gasteiger partial charge in [-0.25, -0.2) is 0 Å². The van der Waals surface area contributed by atoms with Crippen molar-refractivity contribution in [1.82, 2.24) is 0 Å². The summed E-state index contributed by atoms with van der Waals surface area (Å²) in [5.41, 5.74) is 0.836. The molecule has 6 nitrogen and oxygen atoms in total. The van der Waals surface area contributed by atoms with Crippen LogP contribution in [-0.2, 0) is 4.79 Å². The third kappa shape index (κ3) is 5.53. The summed E-state index contributed by atoms with van der Waals surface area (Å²) in [6.45, 7) is 2.77. The van der Waals surface area contributed by atoms with Crippen molar-refractivity contribution >= 4 is 17.4 Å². The van der Waals surface area contributed by atoms with E-state index in [0.29, 0.717) is 23.4 Å². The molecule has 21 heavy (non-hydrogen) atoms. The topological polar surface area (TPSA) is 95.9 Å². The van der Waals surface area contributed by atoms with Crippen molar-refractivity contribution in [3.63, 3.8) is 0 Å². The van der Waals surface area contributed by atoms with Gasteiger partial charge in [-0.1, -0.05) is 6.92 Å². The van der Waals surface area contributed by atoms with E-state index in [1.54, 1.807) is 12.1 Å². The summed E-state index contributed by atoms with van der Waals surface area (Å²) in [4.78, 5) is 23.2. The van der Waals surface area contributed by atoms with Crippen LogP contribution >= 0.6 is 0 Å². The Kier molecular flexibility index (Phi) is 6.84. The minimum atomic E-state index is -1.01. The molecule has 0 saturated carbocycles. The van der Waals surface area contributed by atoms with Crippen molar-refractivity contribution in [1.29, 1.82) is 0 Å². The highest BCUT2D eigenvalue weighted by Gasteiger charge is 2.12. The molecule has 0 radical (unpaired) electrons. The third-order valence-electron chi connectivity index (χ3n) is 2.76. The summed E-state index contributed by atoms with van der Waals surface area (Å²) in [6.07, 6.45) is 0.149. The van der Waals surface area contributed by atoms with Crippen LogP contribution in [0.15, 0.2) is 18.2 Å². The average molecular weight is 295 g/mol. The highest BCUT2D eigenvalue weighted by molar-refractivity contribution is 5.99. The van der Waals surface area contributed by atoms with Crippen LogP contribution in [0.25, 0.3) is 0 Å². The molecule has 6 heteroatoms. The van der Waals surface area contributed by atoms with Crippen molar-refractivity contribution < 1.29 is 24.5 Å². The number of benzene rings is 1. The minimum absolute atomic E-state index is 0.113. The SMILES string of the molecule is CCCC(=O)Nc1ccc(OC[C@H](O)CO)c(C(C)=O)c1. The molecule has 0 fully saturated rings. The van der Waals surface area contributed by atoms with E-state index in [1.807, 2.05) is 6.92 Å². The maximum atomic E-state index is 11.6. The monoisotopic (exact) mass is 295 g/mol. The molecular weight excluding hydrogens is 274 g/mol. The minimum Gasteiger partial charge on any atom is -0.490 e. The fourth-order valence-corrected chi connectivity index (χ4v) is 1.70. The molecule has 0 bridgehead atoms. The Morgan fingerprint density at radius 3 is 2.67 bits per heavy atom. The molecule has 1 aromatic rings. The number of carbonyl (C=O) groups excluding carboxylic acids is 2. The van der Waals surface area contributed by atoms with E-state index in [-0.39, 0.29) is 18.3 Å². The lowest BCUT2D eigenvalue weighted by atomic mass is 10.1. The van der Waals surface area contributed by atoms with Gasteiger partial charge in [0.05, 0.1) is 12.2 Å². The fourth-order valence-electron chi connectivity index (χ4n) is 1.70. The Labute approximate surface area is 123 Å². The highest BCUT2D eigenvalue weighted by Crippen LogP contribution is 2.24. The number of hydrogen-bond donors (Lipinski definition) is 3. The van der Waals surface area contributed by atoms with Crippen molar-refractivity contribution in [2.75, 3.05) is 18.5 Å². The van der Waals surface area contributed by atoms with Gasteiger partial charge in [0.25, 0.3) is 0 Å². The van der Waals surface area contributed by atoms with Crippen molar-refractivity contribution in [3.05, 3.63) is 23.8 Å². The molecule has 0 aliphatic rings. The van der Waals surface area contributed by atoms with Gasteiger partial charge >= 0.3 is 0 Å². The molecule has 1 aromatic carbocycles. The Bertz CT molecular complexity index is 501. The standard InChI is InChI=1S/C15H21NO5/c1-3-4-15(20)16-11-5-6-14(13(7-11)10(2)18)21-9-12(19)8-17/h5-7,12,17,19H,3-4,8-9H2,1-2H3,(H,16,20)/t12-/m1/s1. The fraction of sp³-hybridized carbons (Fsp3) is 0.467. The van der Waals surface area contributed by atoms with Gasteiger partial charge in [-0.05, 0) is 31.5 Å². The van der Waals surface area contributed by atoms with Crippen LogP contribution in [0.1, 0.15) is 37.0 Å². The van der Waals surface area contributed by atoms with E-state index in [0.717, 1.165) is 6.42 Å². The number of rotatable bonds is 8. The smallest absolute Gasteiger partial charge is 0.224 e. The lowest BCUT2D eigenvalue weighted by Crippen LogP contribution is -2.22. The molecule has 0 saturated heterocycles. The zero-order chi connectivity index (χ0) is 15.8. The van der Waals surface area contributed by atoms with Crippen LogP contribution in [0.5, 0.6) is 5.75 Å². The number of ether oxygens (including phenoxy) is 1. The second-order valence-electron chi connectivity index (χ2n) is 4.71. The van der Waals surface area contributed by atoms with Crippen LogP contribution in [0, 0.1) is 0 Å². The molecule has 116 valence electrons. The van der Waals surface area contributed by atoms with Gasteiger partial charge in [-0.2, -0.15) is 0 Å². The third-order valence-corrected chi connectivity index (χ3v) is 2.76. The highest BCUT2D eigenvalue weighted by atomic mass is 16.5. The van der Waals surface area contributed by atoms with Crippen molar-refractivity contribution in [2.24, 2.45) is 0 Å². The Hall–Kier alpha value is -1.92. The van der Waals surface area contributed by atoms with Crippen LogP contribution in [-0.4, -0.2) is 41.2 Å². The number of amides is 1. The second-order valence-corrected chi connectivity index (χ2v) is 4.71. The van der Waals surface area contributed by atoms with Crippen LogP contribution in [0.2, 0.25) is 0 Å². The Morgan fingerprint density at radius 1 is 1.38 bits per heavy atom. The number of aliphatic hydroxyl groups is 2. The van der Waals surface area contributed by atoms with Gasteiger partial charge in [0.15, 0.2) is 5.78 Å². The van der Waals surface area contributed by atoms with Gasteiger partial charge in [-0.3, -0.25) is 9.59 Å². The number of carbonyl (C=O) groups is 2. The van der Waals surface area contributed by atoms with Gasteiger partial charge in [0, 0.05) is 12.1 Å². The summed E-state index contributed by atoms with van der Waals surface area (Å²) in [5.74, 6) is -0.0186. The zero-order valence-electron chi connectivity index (χ0n) is 12.3. The first-order chi connectivity index (χ1) is 9.97. The first kappa shape index (κ1) is 17.1. The predicted octanol–water partition coefficient (Wildman–Crippen LogP) is 1.36. The molecule has 0 spiro atoms. The average Bonchev–Trinajstić information content (AvgIpc) is 2.45. The molecular formula is C15H21NO5. The molecule has 0 heterocycles. The van der Waals surface area contributed by atoms with Gasteiger partial charge in [0.1, 0.15) is 18.5 Å². The van der Waals surface area contributed by atoms with Gasteiger partial charge in [0.2, 0.25) is 5.91 Å². The van der Waals surface area contributed by atoms with E-state index in [9.17, 15) is 14.7 Å². The molecule has 0 aromatic heterocycles. The van der Waals surface area contributed by atoms with E-state index in [2.05, 4.69) is 5.32 Å². The van der Waals surface area contributed by atoms with Crippen molar-refractivity contribution in [3.8, 4) is 5.75 Å². The van der Waals surface area contributed by atoms with Gasteiger partial charge < -0.3 is 20.3 Å². The lowest BCUT2D eigenvalue weighted by molar-refractivity contribution is -0.116. The van der Waals surface area contributed by atoms with Crippen LogP contribution in [0.4, 0.5) is 5.69 Å². The summed E-state index contributed by atoms with van der Waals surface area (Å²) in [5, 5.41) is 20.7. The Morgan fingerprint density at radius 2 is 2.10 bits per heavy atom. The predicted molar refractivity (Wildman–Crippen MR) is 78.6 cm³/mol. The number of ketones is 1.